The summed E-state index contributed by atoms with van der Waals surface area (Å²) in [6.07, 6.45) is 8.87. The molecule has 0 aliphatic carbocycles. The Bertz CT molecular complexity index is 420. The standard InChI is InChI=1S/C20H32O/c1-5-6-7-11-17(4)12-10-14-18-13-8-9-15-19(18)20(21)16(2)3/h8-9,13,15-17H,5-7,10-12,14H2,1-4H3. The first kappa shape index (κ1) is 17.9. The van der Waals surface area contributed by atoms with Crippen LogP contribution in [-0.2, 0) is 6.42 Å². The molecule has 1 rings (SSSR count). The summed E-state index contributed by atoms with van der Waals surface area (Å²) < 4.78 is 0. The van der Waals surface area contributed by atoms with E-state index in [2.05, 4.69) is 26.0 Å². The molecule has 1 aromatic rings. The zero-order chi connectivity index (χ0) is 15.7. The highest BCUT2D eigenvalue weighted by Gasteiger charge is 2.14. The van der Waals surface area contributed by atoms with Crippen LogP contribution in [0.15, 0.2) is 24.3 Å². The van der Waals surface area contributed by atoms with Crippen LogP contribution in [0.2, 0.25) is 0 Å². The van der Waals surface area contributed by atoms with Crippen molar-refractivity contribution in [2.24, 2.45) is 11.8 Å². The molecule has 0 N–H and O–H groups in total. The molecule has 0 bridgehead atoms. The van der Waals surface area contributed by atoms with Crippen LogP contribution in [0.1, 0.15) is 82.1 Å². The van der Waals surface area contributed by atoms with Gasteiger partial charge in [-0.15, -0.1) is 0 Å². The van der Waals surface area contributed by atoms with Crippen LogP contribution in [0.5, 0.6) is 0 Å². The normalized spacial score (nSPS) is 12.6. The van der Waals surface area contributed by atoms with Crippen LogP contribution in [0, 0.1) is 11.8 Å². The Labute approximate surface area is 131 Å². The molecule has 0 fully saturated rings. The Kier molecular flexibility index (Phi) is 8.34. The summed E-state index contributed by atoms with van der Waals surface area (Å²) in [5.41, 5.74) is 2.17. The van der Waals surface area contributed by atoms with Crippen molar-refractivity contribution in [3.63, 3.8) is 0 Å². The average molecular weight is 288 g/mol. The van der Waals surface area contributed by atoms with Crippen molar-refractivity contribution >= 4 is 5.78 Å². The Morgan fingerprint density at radius 3 is 2.33 bits per heavy atom. The number of aryl methyl sites for hydroxylation is 1. The molecule has 1 nitrogen and oxygen atoms in total. The van der Waals surface area contributed by atoms with Crippen molar-refractivity contribution in [1.29, 1.82) is 0 Å². The van der Waals surface area contributed by atoms with E-state index in [-0.39, 0.29) is 11.7 Å². The van der Waals surface area contributed by atoms with Gasteiger partial charge in [-0.2, -0.15) is 0 Å². The molecule has 0 radical (unpaired) electrons. The highest BCUT2D eigenvalue weighted by atomic mass is 16.1. The second kappa shape index (κ2) is 9.76. The molecule has 0 saturated carbocycles. The molecule has 1 heteroatoms. The number of hydrogen-bond acceptors (Lipinski definition) is 1. The molecule has 0 saturated heterocycles. The van der Waals surface area contributed by atoms with Gasteiger partial charge in [0.2, 0.25) is 0 Å². The number of carbonyl (C=O) groups excluding carboxylic acids is 1. The van der Waals surface area contributed by atoms with E-state index in [9.17, 15) is 4.79 Å². The number of carbonyl (C=O) groups is 1. The largest absolute Gasteiger partial charge is 0.294 e. The van der Waals surface area contributed by atoms with Gasteiger partial charge >= 0.3 is 0 Å². The third kappa shape index (κ3) is 6.46. The Hall–Kier alpha value is -1.11. The van der Waals surface area contributed by atoms with Crippen LogP contribution >= 0.6 is 0 Å². The summed E-state index contributed by atoms with van der Waals surface area (Å²) in [6.45, 7) is 8.58. The van der Waals surface area contributed by atoms with Gasteiger partial charge in [-0.25, -0.2) is 0 Å². The third-order valence-corrected chi connectivity index (χ3v) is 4.25. The Balaban J connectivity index is 2.47. The number of rotatable bonds is 10. The van der Waals surface area contributed by atoms with Gasteiger partial charge in [-0.3, -0.25) is 4.79 Å². The van der Waals surface area contributed by atoms with Crippen molar-refractivity contribution < 1.29 is 4.79 Å². The highest BCUT2D eigenvalue weighted by molar-refractivity contribution is 5.98. The van der Waals surface area contributed by atoms with Crippen LogP contribution in [0.25, 0.3) is 0 Å². The predicted molar refractivity (Wildman–Crippen MR) is 91.9 cm³/mol. The monoisotopic (exact) mass is 288 g/mol. The summed E-state index contributed by atoms with van der Waals surface area (Å²) in [7, 11) is 0. The maximum Gasteiger partial charge on any atom is 0.165 e. The Morgan fingerprint density at radius 1 is 1.00 bits per heavy atom. The van der Waals surface area contributed by atoms with E-state index in [1.807, 2.05) is 26.0 Å². The lowest BCUT2D eigenvalue weighted by Crippen LogP contribution is -2.10. The molecule has 1 atom stereocenters. The zero-order valence-electron chi connectivity index (χ0n) is 14.3. The predicted octanol–water partition coefficient (Wildman–Crippen LogP) is 6.06. The average Bonchev–Trinajstić information content (AvgIpc) is 2.47. The first-order valence-electron chi connectivity index (χ1n) is 8.68. The van der Waals surface area contributed by atoms with Gasteiger partial charge in [-0.05, 0) is 24.3 Å². The summed E-state index contributed by atoms with van der Waals surface area (Å²) in [5, 5.41) is 0. The van der Waals surface area contributed by atoms with Crippen molar-refractivity contribution in [2.45, 2.75) is 72.6 Å². The topological polar surface area (TPSA) is 17.1 Å². The minimum atomic E-state index is 0.0825. The number of benzene rings is 1. The first-order valence-corrected chi connectivity index (χ1v) is 8.68. The van der Waals surface area contributed by atoms with Gasteiger partial charge < -0.3 is 0 Å². The van der Waals surface area contributed by atoms with E-state index in [0.29, 0.717) is 0 Å². The van der Waals surface area contributed by atoms with Crippen molar-refractivity contribution in [3.8, 4) is 0 Å². The van der Waals surface area contributed by atoms with Gasteiger partial charge in [0.15, 0.2) is 5.78 Å². The molecule has 0 aliphatic heterocycles. The highest BCUT2D eigenvalue weighted by Crippen LogP contribution is 2.20. The van der Waals surface area contributed by atoms with Crippen molar-refractivity contribution in [2.75, 3.05) is 0 Å². The van der Waals surface area contributed by atoms with Gasteiger partial charge in [0.05, 0.1) is 0 Å². The second-order valence-corrected chi connectivity index (χ2v) is 6.67. The van der Waals surface area contributed by atoms with Crippen LogP contribution in [-0.4, -0.2) is 5.78 Å². The summed E-state index contributed by atoms with van der Waals surface area (Å²) >= 11 is 0. The third-order valence-electron chi connectivity index (χ3n) is 4.25. The van der Waals surface area contributed by atoms with Gasteiger partial charge in [0.25, 0.3) is 0 Å². The lowest BCUT2D eigenvalue weighted by molar-refractivity contribution is 0.0938. The minimum Gasteiger partial charge on any atom is -0.294 e. The number of Topliss-reactive ketones (excluding diaryl/α,β-unsaturated/α-hetero) is 1. The fourth-order valence-electron chi connectivity index (χ4n) is 2.82. The van der Waals surface area contributed by atoms with Crippen LogP contribution in [0.4, 0.5) is 0 Å². The van der Waals surface area contributed by atoms with E-state index in [0.717, 1.165) is 17.9 Å². The molecule has 0 heterocycles. The molecule has 1 aromatic carbocycles. The molecule has 0 aliphatic rings. The zero-order valence-corrected chi connectivity index (χ0v) is 14.3. The molecular weight excluding hydrogens is 256 g/mol. The SMILES string of the molecule is CCCCCC(C)CCCc1ccccc1C(=O)C(C)C. The number of unbranched alkanes of at least 4 members (excludes halogenated alkanes) is 2. The molecule has 118 valence electrons. The molecule has 0 aromatic heterocycles. The van der Waals surface area contributed by atoms with E-state index >= 15 is 0 Å². The Morgan fingerprint density at radius 2 is 1.67 bits per heavy atom. The second-order valence-electron chi connectivity index (χ2n) is 6.67. The smallest absolute Gasteiger partial charge is 0.165 e. The van der Waals surface area contributed by atoms with Gasteiger partial charge in [0.1, 0.15) is 0 Å². The first-order chi connectivity index (χ1) is 10.1. The van der Waals surface area contributed by atoms with E-state index < -0.39 is 0 Å². The molecule has 0 amide bonds. The summed E-state index contributed by atoms with van der Waals surface area (Å²) in [5.74, 6) is 1.17. The minimum absolute atomic E-state index is 0.0825. The fraction of sp³-hybridized carbons (Fsp3) is 0.650. The quantitative estimate of drug-likeness (QED) is 0.377. The number of hydrogen-bond donors (Lipinski definition) is 0. The van der Waals surface area contributed by atoms with Crippen LogP contribution in [0.3, 0.4) is 0 Å². The summed E-state index contributed by atoms with van der Waals surface area (Å²) in [4.78, 5) is 12.2. The van der Waals surface area contributed by atoms with Gasteiger partial charge in [0, 0.05) is 11.5 Å². The molecule has 0 spiro atoms. The summed E-state index contributed by atoms with van der Waals surface area (Å²) in [6, 6.07) is 8.14. The van der Waals surface area contributed by atoms with E-state index in [1.165, 1.54) is 44.1 Å². The fourth-order valence-corrected chi connectivity index (χ4v) is 2.82. The van der Waals surface area contributed by atoms with Crippen LogP contribution < -0.4 is 0 Å². The number of ketones is 1. The maximum absolute atomic E-state index is 12.2. The molecule has 21 heavy (non-hydrogen) atoms. The van der Waals surface area contributed by atoms with E-state index in [4.69, 9.17) is 0 Å². The molecular formula is C20H32O. The lowest BCUT2D eigenvalue weighted by atomic mass is 9.91. The van der Waals surface area contributed by atoms with Crippen molar-refractivity contribution in [1.82, 2.24) is 0 Å². The lowest BCUT2D eigenvalue weighted by Gasteiger charge is -2.13. The van der Waals surface area contributed by atoms with E-state index in [1.54, 1.807) is 0 Å². The molecule has 1 unspecified atom stereocenters. The van der Waals surface area contributed by atoms with Crippen molar-refractivity contribution in [3.05, 3.63) is 35.4 Å². The van der Waals surface area contributed by atoms with Gasteiger partial charge in [-0.1, -0.05) is 84.1 Å². The maximum atomic E-state index is 12.2.